The maximum absolute atomic E-state index is 13.4. The Morgan fingerprint density at radius 2 is 1.81 bits per heavy atom. The van der Waals surface area contributed by atoms with Gasteiger partial charge in [-0.15, -0.1) is 0 Å². The van der Waals surface area contributed by atoms with Crippen molar-refractivity contribution in [3.8, 4) is 5.75 Å². The highest BCUT2D eigenvalue weighted by molar-refractivity contribution is 6.32. The number of hydrogen-bond donors (Lipinski definition) is 1. The lowest BCUT2D eigenvalue weighted by atomic mass is 9.95. The number of nitrogens with one attached hydrogen (secondary N) is 1. The Labute approximate surface area is 193 Å². The Bertz CT molecular complexity index is 900. The third kappa shape index (κ3) is 6.70. The number of halogens is 2. The highest BCUT2D eigenvalue weighted by Crippen LogP contribution is 2.24. The summed E-state index contributed by atoms with van der Waals surface area (Å²) < 4.78 is 19.0. The van der Waals surface area contributed by atoms with Gasteiger partial charge in [0.15, 0.2) is 6.61 Å². The zero-order valence-electron chi connectivity index (χ0n) is 18.4. The number of carbonyl (C=O) groups is 2. The Morgan fingerprint density at radius 3 is 2.47 bits per heavy atom. The maximum atomic E-state index is 13.4. The van der Waals surface area contributed by atoms with E-state index in [-0.39, 0.29) is 36.8 Å². The SMILES string of the molecule is CCC(C(=O)NC1CCCCC1)N(Cc1ccc(F)cc1)C(=O)COc1ccccc1Cl. The van der Waals surface area contributed by atoms with Crippen LogP contribution >= 0.6 is 11.6 Å². The van der Waals surface area contributed by atoms with Crippen LogP contribution in [0, 0.1) is 5.82 Å². The highest BCUT2D eigenvalue weighted by atomic mass is 35.5. The van der Waals surface area contributed by atoms with Crippen molar-refractivity contribution >= 4 is 23.4 Å². The molecule has 1 N–H and O–H groups in total. The molecule has 0 heterocycles. The molecule has 1 fully saturated rings. The van der Waals surface area contributed by atoms with Gasteiger partial charge in [0, 0.05) is 12.6 Å². The molecule has 2 aromatic carbocycles. The van der Waals surface area contributed by atoms with E-state index in [1.54, 1.807) is 36.4 Å². The van der Waals surface area contributed by atoms with Gasteiger partial charge >= 0.3 is 0 Å². The van der Waals surface area contributed by atoms with Crippen molar-refractivity contribution in [3.63, 3.8) is 0 Å². The van der Waals surface area contributed by atoms with E-state index in [4.69, 9.17) is 16.3 Å². The molecule has 0 radical (unpaired) electrons. The molecule has 0 aromatic heterocycles. The molecule has 0 spiro atoms. The van der Waals surface area contributed by atoms with Gasteiger partial charge in [-0.25, -0.2) is 4.39 Å². The average Bonchev–Trinajstić information content (AvgIpc) is 2.80. The number of amides is 2. The predicted octanol–water partition coefficient (Wildman–Crippen LogP) is 5.11. The summed E-state index contributed by atoms with van der Waals surface area (Å²) in [5.41, 5.74) is 0.737. The first-order chi connectivity index (χ1) is 15.5. The van der Waals surface area contributed by atoms with Crippen molar-refractivity contribution in [2.45, 2.75) is 64.1 Å². The van der Waals surface area contributed by atoms with Gasteiger partial charge in [0.25, 0.3) is 5.91 Å². The third-order valence-electron chi connectivity index (χ3n) is 5.79. The standard InChI is InChI=1S/C25H30ClFN2O3/c1-2-22(25(31)28-20-8-4-3-5-9-20)29(16-18-12-14-19(27)15-13-18)24(30)17-32-23-11-7-6-10-21(23)26/h6-7,10-15,20,22H,2-5,8-9,16-17H2,1H3,(H,28,31). The highest BCUT2D eigenvalue weighted by Gasteiger charge is 2.30. The van der Waals surface area contributed by atoms with Gasteiger partial charge in [-0.05, 0) is 49.1 Å². The van der Waals surface area contributed by atoms with Gasteiger partial charge in [0.05, 0.1) is 5.02 Å². The maximum Gasteiger partial charge on any atom is 0.261 e. The zero-order chi connectivity index (χ0) is 22.9. The quantitative estimate of drug-likeness (QED) is 0.565. The van der Waals surface area contributed by atoms with E-state index in [2.05, 4.69) is 5.32 Å². The molecule has 32 heavy (non-hydrogen) atoms. The van der Waals surface area contributed by atoms with E-state index >= 15 is 0 Å². The van der Waals surface area contributed by atoms with Gasteiger partial charge < -0.3 is 15.0 Å². The van der Waals surface area contributed by atoms with Crippen molar-refractivity contribution in [2.75, 3.05) is 6.61 Å². The van der Waals surface area contributed by atoms with Crippen LogP contribution in [0.15, 0.2) is 48.5 Å². The normalized spacial score (nSPS) is 15.1. The Balaban J connectivity index is 1.75. The molecule has 1 saturated carbocycles. The van der Waals surface area contributed by atoms with Gasteiger partial charge in [0.1, 0.15) is 17.6 Å². The first-order valence-electron chi connectivity index (χ1n) is 11.2. The van der Waals surface area contributed by atoms with Crippen LogP contribution in [0.25, 0.3) is 0 Å². The largest absolute Gasteiger partial charge is 0.482 e. The lowest BCUT2D eigenvalue weighted by molar-refractivity contribution is -0.143. The van der Waals surface area contributed by atoms with Crippen molar-refractivity contribution in [1.29, 1.82) is 0 Å². The van der Waals surface area contributed by atoms with E-state index < -0.39 is 6.04 Å². The van der Waals surface area contributed by atoms with Crippen LogP contribution in [0.1, 0.15) is 51.0 Å². The second-order valence-corrected chi connectivity index (χ2v) is 8.54. The van der Waals surface area contributed by atoms with Crippen molar-refractivity contribution in [3.05, 3.63) is 64.9 Å². The number of rotatable bonds is 9. The monoisotopic (exact) mass is 460 g/mol. The fourth-order valence-corrected chi connectivity index (χ4v) is 4.22. The fourth-order valence-electron chi connectivity index (χ4n) is 4.03. The minimum atomic E-state index is -0.649. The van der Waals surface area contributed by atoms with Crippen LogP contribution in [0.5, 0.6) is 5.75 Å². The second kappa shape index (κ2) is 11.9. The molecule has 5 nitrogen and oxygen atoms in total. The molecule has 0 saturated heterocycles. The molecule has 2 amide bonds. The van der Waals surface area contributed by atoms with Crippen LogP contribution < -0.4 is 10.1 Å². The molecule has 2 aromatic rings. The molecule has 1 atom stereocenters. The van der Waals surface area contributed by atoms with E-state index in [1.165, 1.54) is 23.5 Å². The summed E-state index contributed by atoms with van der Waals surface area (Å²) >= 11 is 6.13. The summed E-state index contributed by atoms with van der Waals surface area (Å²) in [7, 11) is 0. The van der Waals surface area contributed by atoms with Gasteiger partial charge in [-0.3, -0.25) is 9.59 Å². The van der Waals surface area contributed by atoms with Crippen LogP contribution in [-0.4, -0.2) is 35.4 Å². The van der Waals surface area contributed by atoms with Crippen LogP contribution in [0.3, 0.4) is 0 Å². The van der Waals surface area contributed by atoms with Crippen molar-refractivity contribution < 1.29 is 18.7 Å². The lowest BCUT2D eigenvalue weighted by Crippen LogP contribution is -2.52. The minimum Gasteiger partial charge on any atom is -0.482 e. The number of hydrogen-bond acceptors (Lipinski definition) is 3. The summed E-state index contributed by atoms with van der Waals surface area (Å²) in [6.07, 6.45) is 5.78. The van der Waals surface area contributed by atoms with E-state index in [0.717, 1.165) is 31.2 Å². The number of carbonyl (C=O) groups excluding carboxylic acids is 2. The van der Waals surface area contributed by atoms with Crippen LogP contribution in [0.4, 0.5) is 4.39 Å². The number of para-hydroxylation sites is 1. The smallest absolute Gasteiger partial charge is 0.261 e. The third-order valence-corrected chi connectivity index (χ3v) is 6.10. The number of nitrogens with zero attached hydrogens (tertiary/aromatic N) is 1. The topological polar surface area (TPSA) is 58.6 Å². The molecule has 172 valence electrons. The Morgan fingerprint density at radius 1 is 1.12 bits per heavy atom. The predicted molar refractivity (Wildman–Crippen MR) is 123 cm³/mol. The molecule has 0 aliphatic heterocycles. The first kappa shape index (κ1) is 24.1. The van der Waals surface area contributed by atoms with Gasteiger partial charge in [0.2, 0.25) is 5.91 Å². The fraction of sp³-hybridized carbons (Fsp3) is 0.440. The second-order valence-electron chi connectivity index (χ2n) is 8.13. The summed E-state index contributed by atoms with van der Waals surface area (Å²) in [4.78, 5) is 27.9. The lowest BCUT2D eigenvalue weighted by Gasteiger charge is -2.32. The molecule has 1 aliphatic carbocycles. The van der Waals surface area contributed by atoms with Crippen molar-refractivity contribution in [2.24, 2.45) is 0 Å². The number of benzene rings is 2. The molecule has 7 heteroatoms. The first-order valence-corrected chi connectivity index (χ1v) is 11.6. The molecular weight excluding hydrogens is 431 g/mol. The number of ether oxygens (including phenoxy) is 1. The summed E-state index contributed by atoms with van der Waals surface area (Å²) in [6.45, 7) is 1.81. The molecule has 1 unspecified atom stereocenters. The average molecular weight is 461 g/mol. The summed E-state index contributed by atoms with van der Waals surface area (Å²) in [6, 6.07) is 12.4. The van der Waals surface area contributed by atoms with Crippen molar-refractivity contribution in [1.82, 2.24) is 10.2 Å². The Kier molecular flexibility index (Phi) is 8.91. The molecule has 1 aliphatic rings. The summed E-state index contributed by atoms with van der Waals surface area (Å²) in [5, 5.41) is 3.54. The van der Waals surface area contributed by atoms with E-state index in [9.17, 15) is 14.0 Å². The molecular formula is C25H30ClFN2O3. The van der Waals surface area contributed by atoms with Crippen LogP contribution in [-0.2, 0) is 16.1 Å². The van der Waals surface area contributed by atoms with Gasteiger partial charge in [-0.2, -0.15) is 0 Å². The Hall–Kier alpha value is -2.60. The minimum absolute atomic E-state index is 0.146. The van der Waals surface area contributed by atoms with E-state index in [1.807, 2.05) is 6.92 Å². The molecule has 0 bridgehead atoms. The van der Waals surface area contributed by atoms with Gasteiger partial charge in [-0.1, -0.05) is 62.1 Å². The molecule has 3 rings (SSSR count). The van der Waals surface area contributed by atoms with E-state index in [0.29, 0.717) is 17.2 Å². The zero-order valence-corrected chi connectivity index (χ0v) is 19.1. The summed E-state index contributed by atoms with van der Waals surface area (Å²) in [5.74, 6) is -0.438. The van der Waals surface area contributed by atoms with Crippen LogP contribution in [0.2, 0.25) is 5.02 Å².